The number of allylic oxidation sites excluding steroid dienone is 2. The van der Waals surface area contributed by atoms with Crippen molar-refractivity contribution in [3.63, 3.8) is 0 Å². The van der Waals surface area contributed by atoms with Gasteiger partial charge in [-0.05, 0) is 92.8 Å². The van der Waals surface area contributed by atoms with Crippen LogP contribution in [0.5, 0.6) is 0 Å². The minimum atomic E-state index is -1.56. The molecule has 4 amide bonds. The van der Waals surface area contributed by atoms with E-state index >= 15 is 0 Å². The fraction of sp³-hybridized carbons (Fsp3) is 0.491. The first-order valence-electron chi connectivity index (χ1n) is 23.6. The number of nitriles is 1. The van der Waals surface area contributed by atoms with Crippen molar-refractivity contribution >= 4 is 52.3 Å². The lowest BCUT2D eigenvalue weighted by Gasteiger charge is -2.37. The first kappa shape index (κ1) is 51.0. The summed E-state index contributed by atoms with van der Waals surface area (Å²) in [5.41, 5.74) is 8.25. The molecule has 3 aromatic rings. The van der Waals surface area contributed by atoms with Gasteiger partial charge in [-0.1, -0.05) is 77.3 Å². The molecule has 0 radical (unpaired) electrons. The number of aliphatic imine (C=N–C) groups is 1. The van der Waals surface area contributed by atoms with Crippen LogP contribution in [0.15, 0.2) is 78.5 Å². The van der Waals surface area contributed by atoms with Crippen molar-refractivity contribution < 1.29 is 33.4 Å². The van der Waals surface area contributed by atoms with Crippen molar-refractivity contribution in [3.05, 3.63) is 90.3 Å². The van der Waals surface area contributed by atoms with Crippen LogP contribution in [0, 0.1) is 28.1 Å². The molecule has 0 spiro atoms. The highest BCUT2D eigenvalue weighted by atomic mass is 16.5. The molecule has 0 saturated carbocycles. The minimum Gasteiger partial charge on any atom is -0.464 e. The number of amides is 4. The molecule has 2 fully saturated rings. The molecule has 362 valence electrons. The second-order valence-electron chi connectivity index (χ2n) is 19.3. The van der Waals surface area contributed by atoms with Crippen LogP contribution in [0.2, 0.25) is 0 Å². The van der Waals surface area contributed by atoms with Gasteiger partial charge in [-0.2, -0.15) is 5.26 Å². The third-order valence-electron chi connectivity index (χ3n) is 13.6. The standard InChI is InChI=1S/C53H68N8O7/c1-12-38(45(55-14-3)34(7)67-11)47-40-29-52(8,9)32-68-50(65)41-20-17-24-61(57-41)49(64)42(27-35-18-16-19-36(26-35)37-21-22-43(39(40)28-37)60(47)15-4)56-48(63)46(33(5)6)58(10)51(66)53(30-54)23-25-59(31-53)44(62)13-2/h12-14,16,18-19,21-22,26,28,33-34,41-42,46,57H,1-2,15,17,20,23-25,27,29,31-32H2,3-11H3,(H,56,63)/b45-38+,55-14?/t34-,41-,42-,46-,53-/m0/s1. The van der Waals surface area contributed by atoms with Gasteiger partial charge in [-0.15, -0.1) is 0 Å². The zero-order valence-electron chi connectivity index (χ0n) is 41.2. The lowest BCUT2D eigenvalue weighted by atomic mass is 9.84. The summed E-state index contributed by atoms with van der Waals surface area (Å²) >= 11 is 0. The van der Waals surface area contributed by atoms with Crippen molar-refractivity contribution in [3.8, 4) is 17.2 Å². The number of rotatable bonds is 12. The van der Waals surface area contributed by atoms with Gasteiger partial charge in [0.2, 0.25) is 17.7 Å². The maximum Gasteiger partial charge on any atom is 0.324 e. The molecule has 15 nitrogen and oxygen atoms in total. The van der Waals surface area contributed by atoms with Crippen LogP contribution < -0.4 is 10.7 Å². The van der Waals surface area contributed by atoms with Gasteiger partial charge in [-0.25, -0.2) is 5.43 Å². The van der Waals surface area contributed by atoms with Crippen LogP contribution in [0.25, 0.3) is 27.6 Å². The largest absolute Gasteiger partial charge is 0.464 e. The number of benzene rings is 2. The molecule has 3 aliphatic rings. The average Bonchev–Trinajstić information content (AvgIpc) is 3.91. The Balaban J connectivity index is 1.45. The smallest absolute Gasteiger partial charge is 0.324 e. The van der Waals surface area contributed by atoms with E-state index in [2.05, 4.69) is 73.5 Å². The molecule has 68 heavy (non-hydrogen) atoms. The van der Waals surface area contributed by atoms with Gasteiger partial charge < -0.3 is 29.2 Å². The molecular formula is C53H68N8O7. The molecule has 1 aromatic heterocycles. The Kier molecular flexibility index (Phi) is 16.0. The number of fused-ring (bicyclic) bond motifs is 6. The number of likely N-dealkylation sites (N-methyl/N-ethyl adjacent to an activating group) is 1. The van der Waals surface area contributed by atoms with E-state index in [0.717, 1.165) is 56.2 Å². The number of likely N-dealkylation sites (tertiary alicyclic amines) is 1. The highest BCUT2D eigenvalue weighted by Crippen LogP contribution is 2.40. The van der Waals surface area contributed by atoms with Gasteiger partial charge in [0.1, 0.15) is 18.1 Å². The summed E-state index contributed by atoms with van der Waals surface area (Å²) in [6.45, 7) is 22.6. The summed E-state index contributed by atoms with van der Waals surface area (Å²) < 4.78 is 14.2. The normalized spacial score (nSPS) is 22.2. The number of carbonyl (C=O) groups excluding carboxylic acids is 5. The third-order valence-corrected chi connectivity index (χ3v) is 13.6. The van der Waals surface area contributed by atoms with E-state index in [1.807, 2.05) is 44.2 Å². The summed E-state index contributed by atoms with van der Waals surface area (Å²) in [4.78, 5) is 77.5. The molecule has 0 aliphatic carbocycles. The van der Waals surface area contributed by atoms with Crippen LogP contribution in [-0.2, 0) is 52.8 Å². The Morgan fingerprint density at radius 1 is 1.10 bits per heavy atom. The number of hydrogen-bond donors (Lipinski definition) is 2. The zero-order valence-corrected chi connectivity index (χ0v) is 41.2. The summed E-state index contributed by atoms with van der Waals surface area (Å²) in [6.07, 6.45) is 6.08. The number of hydrazine groups is 1. The summed E-state index contributed by atoms with van der Waals surface area (Å²) in [5, 5.41) is 15.8. The Bertz CT molecular complexity index is 2570. The predicted octanol–water partition coefficient (Wildman–Crippen LogP) is 6.41. The van der Waals surface area contributed by atoms with Crippen molar-refractivity contribution in [1.82, 2.24) is 30.1 Å². The molecule has 2 N–H and O–H groups in total. The van der Waals surface area contributed by atoms with Gasteiger partial charge >= 0.3 is 5.97 Å². The molecule has 15 heteroatoms. The Labute approximate surface area is 400 Å². The number of ether oxygens (including phenoxy) is 2. The van der Waals surface area contributed by atoms with Crippen LogP contribution in [0.1, 0.15) is 84.5 Å². The van der Waals surface area contributed by atoms with Gasteiger partial charge in [0.15, 0.2) is 5.41 Å². The van der Waals surface area contributed by atoms with Crippen molar-refractivity contribution in [1.29, 1.82) is 5.26 Å². The van der Waals surface area contributed by atoms with Crippen molar-refractivity contribution in [2.75, 3.05) is 40.4 Å². The zero-order chi connectivity index (χ0) is 49.7. The van der Waals surface area contributed by atoms with E-state index in [0.29, 0.717) is 25.8 Å². The second kappa shape index (κ2) is 21.3. The number of cyclic esters (lactones) is 1. The highest BCUT2D eigenvalue weighted by Gasteiger charge is 2.50. The number of nitrogens with one attached hydrogen (secondary N) is 2. The van der Waals surface area contributed by atoms with E-state index in [9.17, 15) is 29.2 Å². The van der Waals surface area contributed by atoms with Gasteiger partial charge in [0.05, 0.1) is 30.2 Å². The topological polar surface area (TPSA) is 179 Å². The molecule has 4 heterocycles. The molecule has 3 aliphatic heterocycles. The van der Waals surface area contributed by atoms with Gasteiger partial charge in [0.25, 0.3) is 5.91 Å². The number of carbonyl (C=O) groups is 5. The first-order chi connectivity index (χ1) is 32.4. The molecule has 2 saturated heterocycles. The monoisotopic (exact) mass is 929 g/mol. The lowest BCUT2D eigenvalue weighted by Crippen LogP contribution is -2.62. The molecule has 5 atom stereocenters. The van der Waals surface area contributed by atoms with Crippen molar-refractivity contribution in [2.24, 2.45) is 21.7 Å². The Morgan fingerprint density at radius 2 is 1.84 bits per heavy atom. The van der Waals surface area contributed by atoms with E-state index in [-0.39, 0.29) is 51.1 Å². The van der Waals surface area contributed by atoms with Crippen LogP contribution in [-0.4, -0.2) is 120 Å². The summed E-state index contributed by atoms with van der Waals surface area (Å²) in [6, 6.07) is 13.4. The number of methoxy groups -OCH3 is 1. The van der Waals surface area contributed by atoms with Gasteiger partial charge in [-0.3, -0.25) is 34.0 Å². The fourth-order valence-corrected chi connectivity index (χ4v) is 9.99. The van der Waals surface area contributed by atoms with Crippen LogP contribution in [0.4, 0.5) is 0 Å². The SMILES string of the molecule is C=CC(=O)N1CC[C@@](C#N)(C(=O)N(C)[C@H](C(=O)N[C@H]2Cc3cccc(c3)-c3ccc4c(c3)c(c(/C(C=C)=C(/N=CC)[C@H](C)OC)n4CC)CC(C)(C)COC(=O)[C@@H]3CCCN(N3)C2=O)C(C)C)C1. The van der Waals surface area contributed by atoms with E-state index in [4.69, 9.17) is 14.5 Å². The van der Waals surface area contributed by atoms with Crippen LogP contribution in [0.3, 0.4) is 0 Å². The second-order valence-corrected chi connectivity index (χ2v) is 19.3. The fourth-order valence-electron chi connectivity index (χ4n) is 9.99. The number of aromatic nitrogens is 1. The Hall–Kier alpha value is -6.37. The summed E-state index contributed by atoms with van der Waals surface area (Å²) in [5.74, 6) is -2.93. The third kappa shape index (κ3) is 10.4. The van der Waals surface area contributed by atoms with E-state index < -0.39 is 58.6 Å². The predicted molar refractivity (Wildman–Crippen MR) is 264 cm³/mol. The molecule has 6 rings (SSSR count). The maximum atomic E-state index is 14.8. The number of nitrogens with zero attached hydrogens (tertiary/aromatic N) is 6. The molecule has 0 unspecified atom stereocenters. The van der Waals surface area contributed by atoms with Gasteiger partial charge in [0, 0.05) is 74.9 Å². The highest BCUT2D eigenvalue weighted by molar-refractivity contribution is 5.97. The molecular weight excluding hydrogens is 861 g/mol. The maximum absolute atomic E-state index is 14.8. The minimum absolute atomic E-state index is 0.0822. The number of esters is 1. The number of hydrogen-bond acceptors (Lipinski definition) is 10. The summed E-state index contributed by atoms with van der Waals surface area (Å²) in [7, 11) is 3.14. The first-order valence-corrected chi connectivity index (χ1v) is 23.6. The van der Waals surface area contributed by atoms with Crippen LogP contribution >= 0.6 is 0 Å². The Morgan fingerprint density at radius 3 is 2.49 bits per heavy atom. The molecule has 6 bridgehead atoms. The quantitative estimate of drug-likeness (QED) is 0.0899. The van der Waals surface area contributed by atoms with Crippen molar-refractivity contribution in [2.45, 2.75) is 111 Å². The molecule has 2 aromatic carbocycles. The van der Waals surface area contributed by atoms with E-state index in [1.165, 1.54) is 21.9 Å². The number of aryl methyl sites for hydroxylation is 1. The lowest BCUT2D eigenvalue weighted by molar-refractivity contribution is -0.155. The average molecular weight is 929 g/mol. The van der Waals surface area contributed by atoms with E-state index in [1.54, 1.807) is 27.2 Å².